The smallest absolute Gasteiger partial charge is 0.310 e. The molecule has 3 N–H and O–H groups in total. The van der Waals surface area contributed by atoms with Gasteiger partial charge < -0.3 is 9.84 Å². The number of carbonyl (C=O) groups is 3. The van der Waals surface area contributed by atoms with Crippen LogP contribution in [-0.4, -0.2) is 29.8 Å². The predicted molar refractivity (Wildman–Crippen MR) is 95.4 cm³/mol. The molecule has 7 heteroatoms. The number of ether oxygens (including phenoxy) is 1. The van der Waals surface area contributed by atoms with Gasteiger partial charge in [0, 0.05) is 17.2 Å². The number of aliphatic hydroxyl groups excluding tert-OH is 1. The SMILES string of the molecule is COc1ccc(C(=O)NNC(=O)C(=O)/C=C(\O)c2ccc(C)cc2)cc1. The maximum absolute atomic E-state index is 11.9. The summed E-state index contributed by atoms with van der Waals surface area (Å²) in [5.74, 6) is -2.44. The number of methoxy groups -OCH3 is 1. The largest absolute Gasteiger partial charge is 0.507 e. The van der Waals surface area contributed by atoms with Crippen LogP contribution in [0, 0.1) is 6.92 Å². The van der Waals surface area contributed by atoms with Gasteiger partial charge in [-0.15, -0.1) is 0 Å². The van der Waals surface area contributed by atoms with E-state index in [1.54, 1.807) is 36.4 Å². The third-order valence-electron chi connectivity index (χ3n) is 3.48. The third kappa shape index (κ3) is 4.94. The summed E-state index contributed by atoms with van der Waals surface area (Å²) in [6.07, 6.45) is 0.791. The van der Waals surface area contributed by atoms with E-state index in [0.717, 1.165) is 11.6 Å². The lowest BCUT2D eigenvalue weighted by atomic mass is 10.1. The van der Waals surface area contributed by atoms with Gasteiger partial charge in [0.1, 0.15) is 11.5 Å². The molecule has 0 aromatic heterocycles. The van der Waals surface area contributed by atoms with Gasteiger partial charge in [-0.1, -0.05) is 29.8 Å². The van der Waals surface area contributed by atoms with Gasteiger partial charge in [-0.25, -0.2) is 0 Å². The minimum atomic E-state index is -1.08. The molecule has 0 saturated carbocycles. The summed E-state index contributed by atoms with van der Waals surface area (Å²) in [4.78, 5) is 35.5. The van der Waals surface area contributed by atoms with E-state index in [4.69, 9.17) is 4.74 Å². The maximum atomic E-state index is 11.9. The first kappa shape index (κ1) is 18.7. The van der Waals surface area contributed by atoms with Crippen LogP contribution in [0.2, 0.25) is 0 Å². The Morgan fingerprint density at radius 3 is 2.08 bits per heavy atom. The number of benzene rings is 2. The lowest BCUT2D eigenvalue weighted by molar-refractivity contribution is -0.135. The first-order valence-corrected chi connectivity index (χ1v) is 7.67. The van der Waals surface area contributed by atoms with E-state index in [0.29, 0.717) is 11.3 Å². The first-order chi connectivity index (χ1) is 12.4. The van der Waals surface area contributed by atoms with Gasteiger partial charge in [-0.3, -0.25) is 25.2 Å². The Hall–Kier alpha value is -3.61. The van der Waals surface area contributed by atoms with Crippen LogP contribution in [0.25, 0.3) is 5.76 Å². The fourth-order valence-corrected chi connectivity index (χ4v) is 1.99. The number of hydrazine groups is 1. The number of nitrogens with one attached hydrogen (secondary N) is 2. The number of rotatable bonds is 5. The number of hydrogen-bond donors (Lipinski definition) is 3. The van der Waals surface area contributed by atoms with Gasteiger partial charge in [0.05, 0.1) is 7.11 Å². The molecule has 0 heterocycles. The van der Waals surface area contributed by atoms with Gasteiger partial charge in [0.15, 0.2) is 0 Å². The minimum absolute atomic E-state index is 0.275. The minimum Gasteiger partial charge on any atom is -0.507 e. The van der Waals surface area contributed by atoms with Crippen LogP contribution in [0.1, 0.15) is 21.5 Å². The van der Waals surface area contributed by atoms with E-state index in [-0.39, 0.29) is 11.3 Å². The van der Waals surface area contributed by atoms with Crippen molar-refractivity contribution >= 4 is 23.4 Å². The summed E-state index contributed by atoms with van der Waals surface area (Å²) < 4.78 is 4.98. The van der Waals surface area contributed by atoms with Crippen LogP contribution in [0.4, 0.5) is 0 Å². The summed E-state index contributed by atoms with van der Waals surface area (Å²) in [6.45, 7) is 1.88. The maximum Gasteiger partial charge on any atom is 0.310 e. The number of amides is 2. The van der Waals surface area contributed by atoms with Gasteiger partial charge in [0.2, 0.25) is 5.78 Å². The third-order valence-corrected chi connectivity index (χ3v) is 3.48. The average Bonchev–Trinajstić information content (AvgIpc) is 2.66. The molecular weight excluding hydrogens is 336 g/mol. The zero-order chi connectivity index (χ0) is 19.1. The van der Waals surface area contributed by atoms with Crippen molar-refractivity contribution in [3.05, 3.63) is 71.3 Å². The number of hydrogen-bond acceptors (Lipinski definition) is 5. The Balaban J connectivity index is 1.93. The summed E-state index contributed by atoms with van der Waals surface area (Å²) >= 11 is 0. The van der Waals surface area contributed by atoms with Crippen molar-refractivity contribution in [1.29, 1.82) is 0 Å². The van der Waals surface area contributed by atoms with E-state index in [1.807, 2.05) is 12.3 Å². The van der Waals surface area contributed by atoms with Crippen LogP contribution >= 0.6 is 0 Å². The zero-order valence-electron chi connectivity index (χ0n) is 14.3. The molecule has 0 unspecified atom stereocenters. The summed E-state index contributed by atoms with van der Waals surface area (Å²) in [6, 6.07) is 13.0. The van der Waals surface area contributed by atoms with Crippen LogP contribution in [-0.2, 0) is 9.59 Å². The van der Waals surface area contributed by atoms with Crippen LogP contribution in [0.5, 0.6) is 5.75 Å². The normalized spacial score (nSPS) is 10.8. The number of aryl methyl sites for hydroxylation is 1. The second-order valence-electron chi connectivity index (χ2n) is 5.40. The molecule has 2 aromatic rings. The Bertz CT molecular complexity index is 839. The Kier molecular flexibility index (Phi) is 6.10. The average molecular weight is 354 g/mol. The first-order valence-electron chi connectivity index (χ1n) is 7.67. The molecule has 0 fully saturated rings. The number of ketones is 1. The molecule has 2 rings (SSSR count). The van der Waals surface area contributed by atoms with E-state index in [2.05, 4.69) is 5.43 Å². The Morgan fingerprint density at radius 1 is 0.923 bits per heavy atom. The number of carbonyl (C=O) groups excluding carboxylic acids is 3. The molecule has 0 aliphatic heterocycles. The fraction of sp³-hybridized carbons (Fsp3) is 0.105. The van der Waals surface area contributed by atoms with Gasteiger partial charge in [-0.05, 0) is 31.2 Å². The topological polar surface area (TPSA) is 105 Å². The second kappa shape index (κ2) is 8.48. The van der Waals surface area contributed by atoms with Crippen LogP contribution in [0.15, 0.2) is 54.6 Å². The van der Waals surface area contributed by atoms with Gasteiger partial charge in [-0.2, -0.15) is 0 Å². The Morgan fingerprint density at radius 2 is 1.50 bits per heavy atom. The highest BCUT2D eigenvalue weighted by Crippen LogP contribution is 2.12. The summed E-state index contributed by atoms with van der Waals surface area (Å²) in [5.41, 5.74) is 5.80. The van der Waals surface area contributed by atoms with Crippen molar-refractivity contribution in [1.82, 2.24) is 10.9 Å². The van der Waals surface area contributed by atoms with Gasteiger partial charge >= 0.3 is 5.91 Å². The van der Waals surface area contributed by atoms with E-state index >= 15 is 0 Å². The lowest BCUT2D eigenvalue weighted by Gasteiger charge is -2.07. The molecule has 7 nitrogen and oxygen atoms in total. The predicted octanol–water partition coefficient (Wildman–Crippen LogP) is 1.93. The molecule has 0 saturated heterocycles. The molecule has 0 aliphatic carbocycles. The standard InChI is InChI=1S/C19H18N2O5/c1-12-3-5-13(6-4-12)16(22)11-17(23)19(25)21-20-18(24)14-7-9-15(26-2)10-8-14/h3-11,22H,1-2H3,(H,20,24)(H,21,25)/b16-11-. The van der Waals surface area contributed by atoms with Crippen molar-refractivity contribution in [2.24, 2.45) is 0 Å². The molecular formula is C19H18N2O5. The lowest BCUT2D eigenvalue weighted by Crippen LogP contribution is -2.44. The highest BCUT2D eigenvalue weighted by atomic mass is 16.5. The van der Waals surface area contributed by atoms with E-state index in [1.165, 1.54) is 19.2 Å². The summed E-state index contributed by atoms with van der Waals surface area (Å²) in [5, 5.41) is 9.90. The van der Waals surface area contributed by atoms with Crippen molar-refractivity contribution < 1.29 is 24.2 Å². The van der Waals surface area contributed by atoms with Crippen molar-refractivity contribution in [3.8, 4) is 5.75 Å². The molecule has 0 bridgehead atoms. The zero-order valence-corrected chi connectivity index (χ0v) is 14.3. The highest BCUT2D eigenvalue weighted by molar-refractivity contribution is 6.41. The number of aliphatic hydroxyl groups is 1. The quantitative estimate of drug-likeness (QED) is 0.329. The van der Waals surface area contributed by atoms with Crippen LogP contribution < -0.4 is 15.6 Å². The molecule has 0 aliphatic rings. The molecule has 0 atom stereocenters. The van der Waals surface area contributed by atoms with Gasteiger partial charge in [0.25, 0.3) is 5.91 Å². The molecule has 26 heavy (non-hydrogen) atoms. The summed E-state index contributed by atoms with van der Waals surface area (Å²) in [7, 11) is 1.50. The highest BCUT2D eigenvalue weighted by Gasteiger charge is 2.14. The molecule has 2 aromatic carbocycles. The molecule has 0 radical (unpaired) electrons. The monoisotopic (exact) mass is 354 g/mol. The van der Waals surface area contributed by atoms with Crippen LogP contribution in [0.3, 0.4) is 0 Å². The van der Waals surface area contributed by atoms with Crippen molar-refractivity contribution in [3.63, 3.8) is 0 Å². The second-order valence-corrected chi connectivity index (χ2v) is 5.40. The molecule has 0 spiro atoms. The fourth-order valence-electron chi connectivity index (χ4n) is 1.99. The van der Waals surface area contributed by atoms with Crippen molar-refractivity contribution in [2.45, 2.75) is 6.92 Å². The molecule has 2 amide bonds. The Labute approximate surface area is 150 Å². The van der Waals surface area contributed by atoms with E-state index in [9.17, 15) is 19.5 Å². The molecule has 134 valence electrons. The van der Waals surface area contributed by atoms with Crippen molar-refractivity contribution in [2.75, 3.05) is 7.11 Å². The van der Waals surface area contributed by atoms with E-state index < -0.39 is 17.6 Å².